The fourth-order valence-electron chi connectivity index (χ4n) is 5.10. The lowest BCUT2D eigenvalue weighted by molar-refractivity contribution is -0.126. The van der Waals surface area contributed by atoms with Crippen molar-refractivity contribution < 1.29 is 28.7 Å². The van der Waals surface area contributed by atoms with Crippen LogP contribution in [0.5, 0.6) is 0 Å². The van der Waals surface area contributed by atoms with E-state index in [9.17, 15) is 19.2 Å². The maximum Gasteiger partial charge on any atom is 0.422 e. The number of para-hydroxylation sites is 2. The fourth-order valence-corrected chi connectivity index (χ4v) is 5.10. The Morgan fingerprint density at radius 1 is 0.895 bits per heavy atom. The van der Waals surface area contributed by atoms with E-state index in [0.29, 0.717) is 16.9 Å². The van der Waals surface area contributed by atoms with Crippen LogP contribution in [0.25, 0.3) is 0 Å². The van der Waals surface area contributed by atoms with Gasteiger partial charge in [0.05, 0.1) is 16.8 Å². The van der Waals surface area contributed by atoms with Gasteiger partial charge in [-0.2, -0.15) is 0 Å². The Morgan fingerprint density at radius 2 is 1.50 bits per heavy atom. The van der Waals surface area contributed by atoms with Crippen LogP contribution in [-0.2, 0) is 30.9 Å². The quantitative estimate of drug-likeness (QED) is 0.455. The van der Waals surface area contributed by atoms with Crippen molar-refractivity contribution in [1.29, 1.82) is 0 Å². The fraction of sp³-hybridized carbons (Fsp3) is 0.267. The van der Waals surface area contributed by atoms with Gasteiger partial charge in [-0.05, 0) is 56.5 Å². The summed E-state index contributed by atoms with van der Waals surface area (Å²) in [4.78, 5) is 55.9. The highest BCUT2D eigenvalue weighted by Crippen LogP contribution is 2.48. The summed E-state index contributed by atoms with van der Waals surface area (Å²) in [7, 11) is 0. The number of nitrogens with zero attached hydrogens (tertiary/aromatic N) is 2. The van der Waals surface area contributed by atoms with Gasteiger partial charge in [0.2, 0.25) is 5.91 Å². The first kappa shape index (κ1) is 25.2. The molecule has 1 fully saturated rings. The van der Waals surface area contributed by atoms with Gasteiger partial charge in [-0.15, -0.1) is 0 Å². The maximum absolute atomic E-state index is 14.3. The van der Waals surface area contributed by atoms with Crippen LogP contribution in [0.4, 0.5) is 21.0 Å². The second kappa shape index (κ2) is 9.45. The number of amides is 4. The monoisotopic (exact) mass is 512 g/mol. The standard InChI is InChI=1S/C30H28N2O6/c1-29(2,3)38-28(36)32-23-17-11-10-16-22(23)30(26(32)34,18-20-12-6-4-7-13-20)19-24-25(33)31(27(35)37-24)21-14-8-5-9-15-21/h4-17,24H,18-19H2,1-3H3/t24-,30+/m0/s1. The lowest BCUT2D eigenvalue weighted by Crippen LogP contribution is -2.48. The highest BCUT2D eigenvalue weighted by molar-refractivity contribution is 6.22. The first-order chi connectivity index (χ1) is 18.1. The normalized spacial score (nSPS) is 20.9. The zero-order chi connectivity index (χ0) is 27.1. The number of fused-ring (bicyclic) bond motifs is 1. The van der Waals surface area contributed by atoms with Crippen LogP contribution < -0.4 is 9.80 Å². The lowest BCUT2D eigenvalue weighted by Gasteiger charge is -2.30. The van der Waals surface area contributed by atoms with Crippen molar-refractivity contribution in [3.8, 4) is 0 Å². The molecule has 3 aromatic carbocycles. The third-order valence-corrected chi connectivity index (χ3v) is 6.67. The molecule has 2 aliphatic heterocycles. The summed E-state index contributed by atoms with van der Waals surface area (Å²) in [5.74, 6) is -1.09. The van der Waals surface area contributed by atoms with Crippen molar-refractivity contribution in [1.82, 2.24) is 0 Å². The molecule has 8 nitrogen and oxygen atoms in total. The van der Waals surface area contributed by atoms with Gasteiger partial charge < -0.3 is 9.47 Å². The minimum absolute atomic E-state index is 0.134. The summed E-state index contributed by atoms with van der Waals surface area (Å²) < 4.78 is 11.1. The number of rotatable bonds is 5. The van der Waals surface area contributed by atoms with Crippen molar-refractivity contribution in [2.75, 3.05) is 9.80 Å². The van der Waals surface area contributed by atoms with Crippen LogP contribution in [0.2, 0.25) is 0 Å². The number of anilines is 2. The minimum Gasteiger partial charge on any atom is -0.443 e. The highest BCUT2D eigenvalue weighted by atomic mass is 16.6. The molecule has 3 aromatic rings. The van der Waals surface area contributed by atoms with Crippen molar-refractivity contribution in [3.63, 3.8) is 0 Å². The topological polar surface area (TPSA) is 93.2 Å². The molecule has 5 rings (SSSR count). The van der Waals surface area contributed by atoms with Gasteiger partial charge in [0.1, 0.15) is 5.60 Å². The van der Waals surface area contributed by atoms with Crippen LogP contribution in [0.3, 0.4) is 0 Å². The molecule has 2 heterocycles. The lowest BCUT2D eigenvalue weighted by atomic mass is 9.72. The molecule has 0 saturated carbocycles. The molecule has 2 aliphatic rings. The summed E-state index contributed by atoms with van der Waals surface area (Å²) in [6, 6.07) is 24.8. The Kier molecular flexibility index (Phi) is 6.26. The minimum atomic E-state index is -1.36. The number of cyclic esters (lactones) is 1. The van der Waals surface area contributed by atoms with Gasteiger partial charge in [0.25, 0.3) is 5.91 Å². The van der Waals surface area contributed by atoms with Gasteiger partial charge in [-0.25, -0.2) is 19.4 Å². The van der Waals surface area contributed by atoms with Gasteiger partial charge in [-0.1, -0.05) is 66.7 Å². The van der Waals surface area contributed by atoms with Gasteiger partial charge >= 0.3 is 12.2 Å². The first-order valence-electron chi connectivity index (χ1n) is 12.4. The number of ether oxygens (including phenoxy) is 2. The summed E-state index contributed by atoms with van der Waals surface area (Å²) in [6.45, 7) is 5.18. The molecule has 194 valence electrons. The maximum atomic E-state index is 14.3. The predicted molar refractivity (Wildman–Crippen MR) is 141 cm³/mol. The van der Waals surface area contributed by atoms with E-state index in [2.05, 4.69) is 0 Å². The molecular weight excluding hydrogens is 484 g/mol. The first-order valence-corrected chi connectivity index (χ1v) is 12.4. The van der Waals surface area contributed by atoms with Crippen LogP contribution in [-0.4, -0.2) is 35.7 Å². The van der Waals surface area contributed by atoms with E-state index < -0.39 is 41.1 Å². The smallest absolute Gasteiger partial charge is 0.422 e. The van der Waals surface area contributed by atoms with Gasteiger partial charge in [0.15, 0.2) is 6.10 Å². The zero-order valence-corrected chi connectivity index (χ0v) is 21.4. The molecule has 0 bridgehead atoms. The van der Waals surface area contributed by atoms with Gasteiger partial charge in [0, 0.05) is 6.42 Å². The Balaban J connectivity index is 1.58. The third kappa shape index (κ3) is 4.42. The van der Waals surface area contributed by atoms with Crippen molar-refractivity contribution in [2.24, 2.45) is 0 Å². The number of benzene rings is 3. The van der Waals surface area contributed by atoms with E-state index in [1.54, 1.807) is 75.4 Å². The van der Waals surface area contributed by atoms with E-state index in [1.165, 1.54) is 0 Å². The summed E-state index contributed by atoms with van der Waals surface area (Å²) in [5.41, 5.74) is -0.0122. The number of carbonyl (C=O) groups excluding carboxylic acids is 4. The Hall–Kier alpha value is -4.46. The largest absolute Gasteiger partial charge is 0.443 e. The van der Waals surface area contributed by atoms with Crippen molar-refractivity contribution in [2.45, 2.75) is 50.7 Å². The molecule has 0 radical (unpaired) electrons. The van der Waals surface area contributed by atoms with E-state index in [1.807, 2.05) is 30.3 Å². The Bertz CT molecular complexity index is 1400. The molecule has 0 unspecified atom stereocenters. The zero-order valence-electron chi connectivity index (χ0n) is 21.4. The number of carbonyl (C=O) groups is 4. The summed E-state index contributed by atoms with van der Waals surface area (Å²) >= 11 is 0. The van der Waals surface area contributed by atoms with Crippen molar-refractivity contribution >= 4 is 35.4 Å². The molecule has 2 atom stereocenters. The third-order valence-electron chi connectivity index (χ3n) is 6.67. The number of hydrogen-bond donors (Lipinski definition) is 0. The SMILES string of the molecule is CC(C)(C)OC(=O)N1C(=O)[C@](Cc2ccccc2)(C[C@@H]2OC(=O)N(c3ccccc3)C2=O)c2ccccc21. The van der Waals surface area contributed by atoms with Crippen LogP contribution in [0.1, 0.15) is 38.3 Å². The predicted octanol–water partition coefficient (Wildman–Crippen LogP) is 5.39. The summed E-state index contributed by atoms with van der Waals surface area (Å²) in [6.07, 6.45) is -2.77. The van der Waals surface area contributed by atoms with E-state index in [4.69, 9.17) is 9.47 Å². The second-order valence-electron chi connectivity index (χ2n) is 10.5. The molecule has 4 amide bonds. The number of hydrogen-bond acceptors (Lipinski definition) is 6. The Morgan fingerprint density at radius 3 is 2.16 bits per heavy atom. The van der Waals surface area contributed by atoms with E-state index >= 15 is 0 Å². The molecule has 0 spiro atoms. The van der Waals surface area contributed by atoms with E-state index in [0.717, 1.165) is 15.4 Å². The average Bonchev–Trinajstić information content (AvgIpc) is 3.29. The molecule has 8 heteroatoms. The number of imide groups is 2. The van der Waals surface area contributed by atoms with Gasteiger partial charge in [-0.3, -0.25) is 9.59 Å². The average molecular weight is 513 g/mol. The summed E-state index contributed by atoms with van der Waals surface area (Å²) in [5, 5.41) is 0. The van der Waals surface area contributed by atoms with Crippen LogP contribution in [0.15, 0.2) is 84.9 Å². The molecular formula is C30H28N2O6. The van der Waals surface area contributed by atoms with Crippen LogP contribution >= 0.6 is 0 Å². The second-order valence-corrected chi connectivity index (χ2v) is 10.5. The highest BCUT2D eigenvalue weighted by Gasteiger charge is 2.57. The van der Waals surface area contributed by atoms with Crippen molar-refractivity contribution in [3.05, 3.63) is 96.1 Å². The van der Waals surface area contributed by atoms with E-state index in [-0.39, 0.29) is 12.8 Å². The molecule has 0 aromatic heterocycles. The molecule has 0 aliphatic carbocycles. The molecule has 1 saturated heterocycles. The van der Waals surface area contributed by atoms with Crippen LogP contribution in [0, 0.1) is 0 Å². The molecule has 0 N–H and O–H groups in total. The molecule has 38 heavy (non-hydrogen) atoms. The Labute approximate surface area is 220 Å².